The molecule has 0 bridgehead atoms. The van der Waals surface area contributed by atoms with Gasteiger partial charge in [0.15, 0.2) is 11.4 Å². The summed E-state index contributed by atoms with van der Waals surface area (Å²) in [5.74, 6) is -0.292. The number of carbonyl (C=O) groups excluding carboxylic acids is 1. The van der Waals surface area contributed by atoms with Crippen molar-refractivity contribution in [3.8, 4) is 0 Å². The Bertz CT molecular complexity index is 254. The summed E-state index contributed by atoms with van der Waals surface area (Å²) in [6.45, 7) is 1.72. The fourth-order valence-electron chi connectivity index (χ4n) is 2.05. The smallest absolute Gasteiger partial charge is 0.174 e. The largest absolute Gasteiger partial charge is 0.388 e. The quantitative estimate of drug-likeness (QED) is 0.591. The number of rotatable bonds is 2. The zero-order chi connectivity index (χ0) is 10.3. The summed E-state index contributed by atoms with van der Waals surface area (Å²) < 4.78 is 10.4. The highest BCUT2D eigenvalue weighted by atomic mass is 16.6. The predicted molar refractivity (Wildman–Crippen MR) is 45.7 cm³/mol. The molecular formula is C9H14O5. The second kappa shape index (κ2) is 3.27. The summed E-state index contributed by atoms with van der Waals surface area (Å²) in [5.41, 5.74) is -1.56. The third-order valence-corrected chi connectivity index (χ3v) is 2.89. The molecule has 2 heterocycles. The van der Waals surface area contributed by atoms with Crippen molar-refractivity contribution in [1.82, 2.24) is 0 Å². The molecule has 2 rings (SSSR count). The number of aliphatic hydroxyl groups excluding tert-OH is 1. The summed E-state index contributed by atoms with van der Waals surface area (Å²) in [6.07, 6.45) is -1.76. The monoisotopic (exact) mass is 202 g/mol. The molecule has 0 saturated carbocycles. The van der Waals surface area contributed by atoms with Gasteiger partial charge in [0.25, 0.3) is 0 Å². The Hall–Kier alpha value is -0.490. The van der Waals surface area contributed by atoms with Crippen molar-refractivity contribution >= 4 is 5.78 Å². The number of ketones is 1. The standard InChI is InChI=1S/C9H14O5/c1-2-6(11)9(12)4-14-7-5(10)3-13-8(7)9/h5,7-8,10,12H,2-4H2,1H3/t5-,7-,8+,9-/m1/s1. The number of ether oxygens (including phenoxy) is 2. The molecule has 2 N–H and O–H groups in total. The molecular weight excluding hydrogens is 188 g/mol. The van der Waals surface area contributed by atoms with Crippen molar-refractivity contribution in [2.24, 2.45) is 0 Å². The van der Waals surface area contributed by atoms with Gasteiger partial charge in [0.1, 0.15) is 18.3 Å². The van der Waals surface area contributed by atoms with Gasteiger partial charge in [-0.15, -0.1) is 0 Å². The molecule has 5 nitrogen and oxygen atoms in total. The van der Waals surface area contributed by atoms with E-state index in [9.17, 15) is 15.0 Å². The van der Waals surface area contributed by atoms with Crippen LogP contribution in [0.25, 0.3) is 0 Å². The number of fused-ring (bicyclic) bond motifs is 1. The van der Waals surface area contributed by atoms with Gasteiger partial charge in [-0.2, -0.15) is 0 Å². The van der Waals surface area contributed by atoms with Gasteiger partial charge in [-0.05, 0) is 0 Å². The molecule has 14 heavy (non-hydrogen) atoms. The van der Waals surface area contributed by atoms with Gasteiger partial charge < -0.3 is 19.7 Å². The van der Waals surface area contributed by atoms with Crippen LogP contribution in [0, 0.1) is 0 Å². The van der Waals surface area contributed by atoms with Crippen LogP contribution < -0.4 is 0 Å². The SMILES string of the molecule is CCC(=O)[C@]1(O)CO[C@@H]2[C@H](O)CO[C@@H]21. The molecule has 0 aliphatic carbocycles. The molecule has 2 fully saturated rings. The van der Waals surface area contributed by atoms with Crippen molar-refractivity contribution in [3.05, 3.63) is 0 Å². The Morgan fingerprint density at radius 3 is 2.93 bits per heavy atom. The van der Waals surface area contributed by atoms with Gasteiger partial charge >= 0.3 is 0 Å². The van der Waals surface area contributed by atoms with Crippen molar-refractivity contribution in [2.75, 3.05) is 13.2 Å². The minimum atomic E-state index is -1.56. The van der Waals surface area contributed by atoms with E-state index >= 15 is 0 Å². The van der Waals surface area contributed by atoms with E-state index in [1.54, 1.807) is 6.92 Å². The molecule has 2 aliphatic heterocycles. The zero-order valence-corrected chi connectivity index (χ0v) is 7.97. The van der Waals surface area contributed by atoms with Gasteiger partial charge in [0, 0.05) is 6.42 Å². The molecule has 2 aliphatic rings. The van der Waals surface area contributed by atoms with Crippen molar-refractivity contribution in [3.63, 3.8) is 0 Å². The second-order valence-corrected chi connectivity index (χ2v) is 3.80. The van der Waals surface area contributed by atoms with E-state index in [0.717, 1.165) is 0 Å². The minimum Gasteiger partial charge on any atom is -0.388 e. The van der Waals surface area contributed by atoms with E-state index in [1.165, 1.54) is 0 Å². The Morgan fingerprint density at radius 2 is 2.29 bits per heavy atom. The lowest BCUT2D eigenvalue weighted by molar-refractivity contribution is -0.147. The van der Waals surface area contributed by atoms with E-state index in [-0.39, 0.29) is 25.4 Å². The highest BCUT2D eigenvalue weighted by molar-refractivity contribution is 5.88. The average molecular weight is 202 g/mol. The second-order valence-electron chi connectivity index (χ2n) is 3.80. The third-order valence-electron chi connectivity index (χ3n) is 2.89. The van der Waals surface area contributed by atoms with E-state index in [2.05, 4.69) is 0 Å². The first-order valence-corrected chi connectivity index (χ1v) is 4.76. The summed E-state index contributed by atoms with van der Waals surface area (Å²) >= 11 is 0. The summed E-state index contributed by atoms with van der Waals surface area (Å²) in [7, 11) is 0. The van der Waals surface area contributed by atoms with Crippen LogP contribution >= 0.6 is 0 Å². The van der Waals surface area contributed by atoms with Gasteiger partial charge in [0.05, 0.1) is 13.2 Å². The van der Waals surface area contributed by atoms with Gasteiger partial charge in [0.2, 0.25) is 0 Å². The van der Waals surface area contributed by atoms with E-state index in [0.29, 0.717) is 0 Å². The lowest BCUT2D eigenvalue weighted by atomic mass is 9.90. The summed E-state index contributed by atoms with van der Waals surface area (Å²) in [6, 6.07) is 0. The summed E-state index contributed by atoms with van der Waals surface area (Å²) in [5, 5.41) is 19.5. The number of carbonyl (C=O) groups is 1. The topological polar surface area (TPSA) is 76.0 Å². The molecule has 80 valence electrons. The van der Waals surface area contributed by atoms with Crippen molar-refractivity contribution in [1.29, 1.82) is 0 Å². The number of Topliss-reactive ketones (excluding diaryl/α,β-unsaturated/α-hetero) is 1. The lowest BCUT2D eigenvalue weighted by Crippen LogP contribution is -2.50. The predicted octanol–water partition coefficient (Wildman–Crippen LogP) is -1.14. The maximum atomic E-state index is 11.5. The van der Waals surface area contributed by atoms with Crippen LogP contribution in [0.15, 0.2) is 0 Å². The normalized spacial score (nSPS) is 46.6. The molecule has 4 atom stereocenters. The minimum absolute atomic E-state index is 0.0773. The van der Waals surface area contributed by atoms with Crippen LogP contribution in [0.1, 0.15) is 13.3 Å². The van der Waals surface area contributed by atoms with E-state index < -0.39 is 23.9 Å². The average Bonchev–Trinajstić information content (AvgIpc) is 2.70. The fraction of sp³-hybridized carbons (Fsp3) is 0.889. The van der Waals surface area contributed by atoms with Gasteiger partial charge in [-0.3, -0.25) is 4.79 Å². The molecule has 5 heteroatoms. The maximum Gasteiger partial charge on any atom is 0.174 e. The third kappa shape index (κ3) is 1.20. The molecule has 0 amide bonds. The molecule has 2 saturated heterocycles. The fourth-order valence-corrected chi connectivity index (χ4v) is 2.05. The molecule has 0 radical (unpaired) electrons. The highest BCUT2D eigenvalue weighted by Gasteiger charge is 2.58. The first kappa shape index (κ1) is 10.0. The van der Waals surface area contributed by atoms with Crippen LogP contribution in [0.4, 0.5) is 0 Å². The van der Waals surface area contributed by atoms with Crippen LogP contribution in [0.2, 0.25) is 0 Å². The Kier molecular flexibility index (Phi) is 2.35. The van der Waals surface area contributed by atoms with Crippen molar-refractivity contribution in [2.45, 2.75) is 37.3 Å². The zero-order valence-electron chi connectivity index (χ0n) is 7.97. The first-order valence-electron chi connectivity index (χ1n) is 4.76. The van der Waals surface area contributed by atoms with Gasteiger partial charge in [-0.1, -0.05) is 6.92 Å². The van der Waals surface area contributed by atoms with Gasteiger partial charge in [-0.25, -0.2) is 0 Å². The lowest BCUT2D eigenvalue weighted by Gasteiger charge is -2.24. The van der Waals surface area contributed by atoms with Crippen LogP contribution in [-0.4, -0.2) is 53.1 Å². The first-order chi connectivity index (χ1) is 6.59. The highest BCUT2D eigenvalue weighted by Crippen LogP contribution is 2.35. The van der Waals surface area contributed by atoms with Crippen molar-refractivity contribution < 1.29 is 24.5 Å². The Morgan fingerprint density at radius 1 is 1.57 bits per heavy atom. The van der Waals surface area contributed by atoms with Crippen LogP contribution in [-0.2, 0) is 14.3 Å². The number of hydrogen-bond donors (Lipinski definition) is 2. The van der Waals surface area contributed by atoms with E-state index in [4.69, 9.17) is 9.47 Å². The molecule has 0 aromatic carbocycles. The maximum absolute atomic E-state index is 11.5. The Balaban J connectivity index is 2.20. The summed E-state index contributed by atoms with van der Waals surface area (Å²) in [4.78, 5) is 11.5. The van der Waals surface area contributed by atoms with Crippen LogP contribution in [0.5, 0.6) is 0 Å². The van der Waals surface area contributed by atoms with Crippen LogP contribution in [0.3, 0.4) is 0 Å². The van der Waals surface area contributed by atoms with E-state index in [1.807, 2.05) is 0 Å². The molecule has 0 aromatic rings. The number of aliphatic hydroxyl groups is 2. The molecule has 0 aromatic heterocycles. The molecule has 0 spiro atoms. The molecule has 0 unspecified atom stereocenters. The number of hydrogen-bond acceptors (Lipinski definition) is 5. The Labute approximate surface area is 81.6 Å².